The molecule has 0 rings (SSSR count). The van der Waals surface area contributed by atoms with Crippen LogP contribution < -0.4 is 5.32 Å². The molecule has 0 saturated heterocycles. The first kappa shape index (κ1) is 9.98. The first-order valence-corrected chi connectivity index (χ1v) is 3.59. The van der Waals surface area contributed by atoms with Crippen LogP contribution in [-0.4, -0.2) is 25.2 Å². The lowest BCUT2D eigenvalue weighted by molar-refractivity contribution is 0.203. The molecule has 0 aliphatic rings. The van der Waals surface area contributed by atoms with Gasteiger partial charge in [0.15, 0.2) is 0 Å². The van der Waals surface area contributed by atoms with E-state index in [-0.39, 0.29) is 18.1 Å². The molecule has 2 N–H and O–H groups in total. The van der Waals surface area contributed by atoms with Crippen molar-refractivity contribution in [3.8, 4) is 0 Å². The lowest BCUT2D eigenvalue weighted by atomic mass is 9.79. The number of hydrogen-bond acceptors (Lipinski definition) is 2. The van der Waals surface area contributed by atoms with E-state index < -0.39 is 0 Å². The zero-order chi connectivity index (χ0) is 8.20. The van der Waals surface area contributed by atoms with E-state index in [2.05, 4.69) is 5.32 Å². The summed E-state index contributed by atoms with van der Waals surface area (Å²) in [6, 6.07) is 0. The summed E-state index contributed by atoms with van der Waals surface area (Å²) in [7, 11) is 5.59. The Bertz CT molecular complexity index is 93.6. The first-order valence-electron chi connectivity index (χ1n) is 3.59. The summed E-state index contributed by atoms with van der Waals surface area (Å²) >= 11 is 0. The third-order valence-corrected chi connectivity index (χ3v) is 1.39. The average Bonchev–Trinajstić information content (AvgIpc) is 1.59. The van der Waals surface area contributed by atoms with Gasteiger partial charge in [-0.05, 0) is 20.3 Å². The molecule has 58 valence electrons. The molecule has 1 unspecified atom stereocenters. The third kappa shape index (κ3) is 4.83. The molecule has 3 heteroatoms. The summed E-state index contributed by atoms with van der Waals surface area (Å²) in [4.78, 5) is 0. The van der Waals surface area contributed by atoms with Gasteiger partial charge in [-0.1, -0.05) is 12.7 Å². The van der Waals surface area contributed by atoms with E-state index in [1.165, 1.54) is 0 Å². The number of hydrogen-bond donors (Lipinski definition) is 2. The molecule has 0 amide bonds. The Labute approximate surface area is 64.4 Å². The van der Waals surface area contributed by atoms with Gasteiger partial charge in [-0.2, -0.15) is 0 Å². The van der Waals surface area contributed by atoms with Crippen LogP contribution in [0.15, 0.2) is 0 Å². The van der Waals surface area contributed by atoms with Crippen molar-refractivity contribution in [1.29, 1.82) is 0 Å². The van der Waals surface area contributed by atoms with E-state index in [4.69, 9.17) is 13.0 Å². The van der Waals surface area contributed by atoms with Gasteiger partial charge in [0.25, 0.3) is 0 Å². The summed E-state index contributed by atoms with van der Waals surface area (Å²) in [5.74, 6) is 0.175. The van der Waals surface area contributed by atoms with Gasteiger partial charge in [0.05, 0.1) is 14.6 Å². The quantitative estimate of drug-likeness (QED) is 0.445. The van der Waals surface area contributed by atoms with Gasteiger partial charge in [0.1, 0.15) is 0 Å². The van der Waals surface area contributed by atoms with E-state index in [1.807, 2.05) is 20.8 Å². The molecule has 0 aliphatic carbocycles. The van der Waals surface area contributed by atoms with E-state index >= 15 is 0 Å². The summed E-state index contributed by atoms with van der Waals surface area (Å²) in [6.07, 6.45) is 0.869. The number of aliphatic hydroxyl groups excluding tert-OH is 1. The Kier molecular flexibility index (Phi) is 3.98. The van der Waals surface area contributed by atoms with Crippen LogP contribution >= 0.6 is 0 Å². The smallest absolute Gasteiger partial charge is 0.0935 e. The van der Waals surface area contributed by atoms with E-state index in [0.29, 0.717) is 0 Å². The highest BCUT2D eigenvalue weighted by atomic mass is 16.3. The minimum absolute atomic E-state index is 0.0136. The predicted octanol–water partition coefficient (Wildman–Crippen LogP) is 0.671. The Hall–Kier alpha value is -0.0151. The van der Waals surface area contributed by atoms with Gasteiger partial charge in [-0.3, -0.25) is 5.32 Å². The number of aliphatic hydroxyl groups is 1. The van der Waals surface area contributed by atoms with Crippen molar-refractivity contribution in [2.24, 2.45) is 0 Å². The van der Waals surface area contributed by atoms with Crippen molar-refractivity contribution in [2.45, 2.75) is 38.5 Å². The second-order valence-corrected chi connectivity index (χ2v) is 3.40. The number of rotatable bonds is 4. The second-order valence-electron chi connectivity index (χ2n) is 3.40. The highest BCUT2D eigenvalue weighted by Crippen LogP contribution is 2.16. The minimum Gasteiger partial charge on any atom is -0.381 e. The zero-order valence-corrected chi connectivity index (χ0v) is 7.02. The molecule has 2 nitrogen and oxygen atoms in total. The van der Waals surface area contributed by atoms with Gasteiger partial charge in [0.2, 0.25) is 0 Å². The fourth-order valence-electron chi connectivity index (χ4n) is 1.09. The molecule has 0 saturated carbocycles. The van der Waals surface area contributed by atoms with Crippen molar-refractivity contribution in [3.05, 3.63) is 0 Å². The third-order valence-electron chi connectivity index (χ3n) is 1.39. The average molecular weight is 141 g/mol. The Morgan fingerprint density at radius 1 is 1.60 bits per heavy atom. The van der Waals surface area contributed by atoms with Crippen LogP contribution in [0.1, 0.15) is 27.2 Å². The monoisotopic (exact) mass is 141 g/mol. The summed E-state index contributed by atoms with van der Waals surface area (Å²) in [6.45, 7) is 6.01. The maximum atomic E-state index is 8.56. The zero-order valence-electron chi connectivity index (χ0n) is 7.02. The molecule has 0 aromatic carbocycles. The highest BCUT2D eigenvalue weighted by Gasteiger charge is 2.16. The first-order chi connectivity index (χ1) is 4.48. The molecule has 1 atom stereocenters. The van der Waals surface area contributed by atoms with E-state index in [9.17, 15) is 0 Å². The van der Waals surface area contributed by atoms with Gasteiger partial charge in [0, 0.05) is 5.54 Å². The van der Waals surface area contributed by atoms with Gasteiger partial charge in [-0.15, -0.1) is 0 Å². The van der Waals surface area contributed by atoms with Crippen molar-refractivity contribution in [2.75, 3.05) is 6.73 Å². The van der Waals surface area contributed by atoms with Crippen molar-refractivity contribution in [1.82, 2.24) is 5.32 Å². The maximum absolute atomic E-state index is 8.56. The second kappa shape index (κ2) is 3.99. The highest BCUT2D eigenvalue weighted by molar-refractivity contribution is 6.11. The lowest BCUT2D eigenvalue weighted by Crippen LogP contribution is -2.40. The molecule has 0 aliphatic heterocycles. The molecule has 0 heterocycles. The lowest BCUT2D eigenvalue weighted by Gasteiger charge is -2.27. The van der Waals surface area contributed by atoms with E-state index in [0.717, 1.165) is 6.42 Å². The Balaban J connectivity index is 3.63. The fourth-order valence-corrected chi connectivity index (χ4v) is 1.09. The minimum atomic E-state index is -0.0527. The van der Waals surface area contributed by atoms with Gasteiger partial charge in [-0.25, -0.2) is 0 Å². The topological polar surface area (TPSA) is 32.3 Å². The predicted molar refractivity (Wildman–Crippen MR) is 44.1 cm³/mol. The molecule has 0 aromatic heterocycles. The summed E-state index contributed by atoms with van der Waals surface area (Å²) < 4.78 is 0. The summed E-state index contributed by atoms with van der Waals surface area (Å²) in [5, 5.41) is 11.5. The van der Waals surface area contributed by atoms with Crippen LogP contribution in [0.5, 0.6) is 0 Å². The molecular formula is C7H16BNO. The normalized spacial score (nSPS) is 15.2. The molecule has 10 heavy (non-hydrogen) atoms. The largest absolute Gasteiger partial charge is 0.381 e. The van der Waals surface area contributed by atoms with Gasteiger partial charge >= 0.3 is 0 Å². The molecule has 2 radical (unpaired) electrons. The van der Waals surface area contributed by atoms with Crippen molar-refractivity contribution < 1.29 is 5.11 Å². The molecular weight excluding hydrogens is 125 g/mol. The fraction of sp³-hybridized carbons (Fsp3) is 1.00. The molecule has 0 bridgehead atoms. The Morgan fingerprint density at radius 2 is 2.10 bits per heavy atom. The van der Waals surface area contributed by atoms with E-state index in [1.54, 1.807) is 0 Å². The van der Waals surface area contributed by atoms with Crippen LogP contribution in [0.2, 0.25) is 5.82 Å². The summed E-state index contributed by atoms with van der Waals surface area (Å²) in [5.41, 5.74) is -0.0527. The maximum Gasteiger partial charge on any atom is 0.0935 e. The van der Waals surface area contributed by atoms with Gasteiger partial charge < -0.3 is 5.11 Å². The van der Waals surface area contributed by atoms with Crippen LogP contribution in [-0.2, 0) is 0 Å². The van der Waals surface area contributed by atoms with Crippen LogP contribution in [0.25, 0.3) is 0 Å². The molecule has 0 fully saturated rings. The molecule has 0 spiro atoms. The van der Waals surface area contributed by atoms with Crippen molar-refractivity contribution in [3.63, 3.8) is 0 Å². The number of nitrogens with one attached hydrogen (secondary N) is 1. The van der Waals surface area contributed by atoms with Crippen LogP contribution in [0.3, 0.4) is 0 Å². The standard InChI is InChI=1S/C7H16BNO/c1-6(8)4-7(2,3)9-5-10/h6,9-10H,4-5H2,1-3H3. The molecule has 0 aromatic rings. The van der Waals surface area contributed by atoms with Crippen LogP contribution in [0, 0.1) is 0 Å². The van der Waals surface area contributed by atoms with Crippen LogP contribution in [0.4, 0.5) is 0 Å². The Morgan fingerprint density at radius 3 is 2.40 bits per heavy atom. The van der Waals surface area contributed by atoms with Crippen molar-refractivity contribution >= 4 is 7.85 Å². The SMILES string of the molecule is [B]C(C)CC(C)(C)NCO.